The number of carbonyl (C=O) groups is 1. The lowest BCUT2D eigenvalue weighted by Gasteiger charge is -2.39. The van der Waals surface area contributed by atoms with Gasteiger partial charge in [-0.1, -0.05) is 99.7 Å². The first-order valence-corrected chi connectivity index (χ1v) is 16.0. The van der Waals surface area contributed by atoms with E-state index in [1.54, 1.807) is 19.2 Å². The Balaban J connectivity index is 0.000000755. The Hall–Kier alpha value is -3.67. The van der Waals surface area contributed by atoms with Crippen LogP contribution in [0.25, 0.3) is 5.57 Å². The van der Waals surface area contributed by atoms with Gasteiger partial charge in [0.15, 0.2) is 0 Å². The number of carbonyl (C=O) groups excluding carboxylic acids is 1. The van der Waals surface area contributed by atoms with E-state index in [0.717, 1.165) is 62.4 Å². The van der Waals surface area contributed by atoms with Gasteiger partial charge in [-0.25, -0.2) is 0 Å². The predicted octanol–water partition coefficient (Wildman–Crippen LogP) is 8.79. The van der Waals surface area contributed by atoms with Gasteiger partial charge in [0.1, 0.15) is 12.4 Å². The third-order valence-electron chi connectivity index (χ3n) is 7.68. The number of piperidine rings is 1. The smallest absolute Gasteiger partial charge is 0.244 e. The van der Waals surface area contributed by atoms with Gasteiger partial charge in [0.2, 0.25) is 5.91 Å². The van der Waals surface area contributed by atoms with Gasteiger partial charge in [0.05, 0.1) is 12.2 Å². The molecule has 0 atom stereocenters. The van der Waals surface area contributed by atoms with Gasteiger partial charge in [0.25, 0.3) is 0 Å². The summed E-state index contributed by atoms with van der Waals surface area (Å²) >= 11 is 0. The minimum absolute atomic E-state index is 0.0735. The van der Waals surface area contributed by atoms with Crippen LogP contribution in [0.4, 0.5) is 0 Å². The monoisotopic (exact) mass is 598 g/mol. The van der Waals surface area contributed by atoms with E-state index in [0.29, 0.717) is 6.61 Å². The van der Waals surface area contributed by atoms with Gasteiger partial charge in [-0.3, -0.25) is 9.69 Å². The Morgan fingerprint density at radius 2 is 1.68 bits per heavy atom. The number of likely N-dealkylation sites (N-methyl/N-ethyl adjacent to an activating group) is 1. The van der Waals surface area contributed by atoms with Crippen molar-refractivity contribution in [1.82, 2.24) is 10.2 Å². The van der Waals surface area contributed by atoms with Gasteiger partial charge in [-0.15, -0.1) is 0 Å². The molecule has 0 saturated carbocycles. The second-order valence-corrected chi connectivity index (χ2v) is 11.1. The van der Waals surface area contributed by atoms with E-state index in [2.05, 4.69) is 80.1 Å². The van der Waals surface area contributed by atoms with Crippen LogP contribution in [0.5, 0.6) is 5.75 Å². The molecular weight excluding hydrogens is 544 g/mol. The van der Waals surface area contributed by atoms with Crippen molar-refractivity contribution < 1.29 is 14.3 Å². The quantitative estimate of drug-likeness (QED) is 0.219. The lowest BCUT2D eigenvalue weighted by molar-refractivity contribution is -0.116. The summed E-state index contributed by atoms with van der Waals surface area (Å²) in [4.78, 5) is 14.1. The topological polar surface area (TPSA) is 50.8 Å². The fourth-order valence-electron chi connectivity index (χ4n) is 5.20. The highest BCUT2D eigenvalue weighted by molar-refractivity contribution is 5.94. The van der Waals surface area contributed by atoms with Crippen molar-refractivity contribution in [2.75, 3.05) is 33.3 Å². The lowest BCUT2D eigenvalue weighted by Crippen LogP contribution is -2.43. The minimum Gasteiger partial charge on any atom is -0.489 e. The molecule has 2 aromatic rings. The highest BCUT2D eigenvalue weighted by Crippen LogP contribution is 2.44. The number of hydrogen-bond acceptors (Lipinski definition) is 4. The maximum absolute atomic E-state index is 11.5. The van der Waals surface area contributed by atoms with Crippen molar-refractivity contribution in [2.45, 2.75) is 73.0 Å². The highest BCUT2D eigenvalue weighted by Gasteiger charge is 2.42. The fourth-order valence-corrected chi connectivity index (χ4v) is 5.20. The largest absolute Gasteiger partial charge is 0.489 e. The summed E-state index contributed by atoms with van der Waals surface area (Å²) < 4.78 is 12.3. The molecule has 0 unspecified atom stereocenters. The van der Waals surface area contributed by atoms with E-state index >= 15 is 0 Å². The zero-order valence-electron chi connectivity index (χ0n) is 28.1. The van der Waals surface area contributed by atoms with Gasteiger partial charge in [-0.2, -0.15) is 0 Å². The van der Waals surface area contributed by atoms with Crippen molar-refractivity contribution in [3.63, 3.8) is 0 Å². The molecule has 2 aliphatic heterocycles. The third-order valence-corrected chi connectivity index (χ3v) is 7.68. The number of benzene rings is 2. The molecule has 0 aromatic heterocycles. The second-order valence-electron chi connectivity index (χ2n) is 11.1. The maximum atomic E-state index is 11.5. The fraction of sp³-hybridized carbons (Fsp3) is 0.410. The molecule has 0 radical (unpaired) electrons. The molecule has 2 heterocycles. The number of amides is 1. The Kier molecular flexibility index (Phi) is 16.2. The zero-order chi connectivity index (χ0) is 32.4. The Morgan fingerprint density at radius 3 is 2.30 bits per heavy atom. The average Bonchev–Trinajstić information content (AvgIpc) is 3.42. The van der Waals surface area contributed by atoms with Crippen molar-refractivity contribution in [2.24, 2.45) is 0 Å². The zero-order valence-corrected chi connectivity index (χ0v) is 28.1. The molecule has 5 heteroatoms. The first-order valence-electron chi connectivity index (χ1n) is 16.0. The number of likely N-dealkylation sites (tertiary alicyclic amines) is 1. The number of nitrogens with one attached hydrogen (secondary N) is 1. The molecule has 1 N–H and O–H groups in total. The summed E-state index contributed by atoms with van der Waals surface area (Å²) in [5, 5.41) is 2.61. The standard InChI is InChI=1S/C31H38N2O3.C6H10.C2H6/c1-23(20-33-17-15-31(16-18-33)29-8-6-5-7-27(29)22-36-31)9-10-24(2)21-35-28-13-11-26(12-14-28)25(3)19-30(34)32-4;1-3-5-6-4-2;1-2/h5-14,19H,15-18,20-22H2,1-4H3,(H,32,34);3,5-6H,1,4H2,2H3;1-2H3/b23-9+,24-10+,25-19+;6-5-;. The van der Waals surface area contributed by atoms with Crippen LogP contribution < -0.4 is 10.1 Å². The Morgan fingerprint density at radius 1 is 1.02 bits per heavy atom. The number of nitrogens with zero attached hydrogens (tertiary/aromatic N) is 1. The summed E-state index contributed by atoms with van der Waals surface area (Å²) in [5.41, 5.74) is 7.12. The summed E-state index contributed by atoms with van der Waals surface area (Å²) in [6, 6.07) is 16.5. The summed E-state index contributed by atoms with van der Waals surface area (Å²) in [7, 11) is 1.63. The summed E-state index contributed by atoms with van der Waals surface area (Å²) in [6.45, 7) is 20.2. The molecule has 4 rings (SSSR count). The Bertz CT molecular complexity index is 1290. The molecule has 0 aliphatic carbocycles. The van der Waals surface area contributed by atoms with Crippen LogP contribution in [-0.4, -0.2) is 44.1 Å². The summed E-state index contributed by atoms with van der Waals surface area (Å²) in [6.07, 6.45) is 15.0. The van der Waals surface area contributed by atoms with Gasteiger partial charge >= 0.3 is 0 Å². The Labute approximate surface area is 267 Å². The second kappa shape index (κ2) is 19.6. The molecule has 2 aliphatic rings. The molecule has 1 fully saturated rings. The molecule has 2 aromatic carbocycles. The van der Waals surface area contributed by atoms with Crippen LogP contribution in [0.3, 0.4) is 0 Å². The van der Waals surface area contributed by atoms with Crippen LogP contribution in [-0.2, 0) is 21.7 Å². The third kappa shape index (κ3) is 11.4. The normalized spacial score (nSPS) is 16.4. The molecule has 1 saturated heterocycles. The van der Waals surface area contributed by atoms with E-state index < -0.39 is 0 Å². The van der Waals surface area contributed by atoms with Crippen LogP contribution in [0, 0.1) is 0 Å². The maximum Gasteiger partial charge on any atom is 0.244 e. The molecule has 238 valence electrons. The number of ether oxygens (including phenoxy) is 2. The van der Waals surface area contributed by atoms with Crippen LogP contribution in [0.1, 0.15) is 77.5 Å². The van der Waals surface area contributed by atoms with Crippen molar-refractivity contribution in [1.29, 1.82) is 0 Å². The molecule has 1 amide bonds. The predicted molar refractivity (Wildman–Crippen MR) is 187 cm³/mol. The van der Waals surface area contributed by atoms with Crippen LogP contribution in [0.2, 0.25) is 0 Å². The molecule has 1 spiro atoms. The first-order chi connectivity index (χ1) is 21.3. The van der Waals surface area contributed by atoms with Gasteiger partial charge in [0, 0.05) is 32.8 Å². The average molecular weight is 599 g/mol. The number of fused-ring (bicyclic) bond motifs is 2. The first kappa shape index (κ1) is 36.5. The van der Waals surface area contributed by atoms with Gasteiger partial charge in [-0.05, 0) is 80.0 Å². The summed E-state index contributed by atoms with van der Waals surface area (Å²) in [5.74, 6) is 0.715. The van der Waals surface area contributed by atoms with Crippen molar-refractivity contribution in [3.8, 4) is 5.75 Å². The number of allylic oxidation sites excluding steroid dienone is 6. The number of rotatable bonds is 10. The van der Waals surface area contributed by atoms with Gasteiger partial charge < -0.3 is 14.8 Å². The molecule has 5 nitrogen and oxygen atoms in total. The van der Waals surface area contributed by atoms with E-state index in [9.17, 15) is 4.79 Å². The van der Waals surface area contributed by atoms with Crippen molar-refractivity contribution >= 4 is 11.5 Å². The molecular formula is C39H54N2O3. The minimum atomic E-state index is -0.102. The van der Waals surface area contributed by atoms with E-state index in [1.807, 2.05) is 51.1 Å². The van der Waals surface area contributed by atoms with E-state index in [-0.39, 0.29) is 11.5 Å². The highest BCUT2D eigenvalue weighted by atomic mass is 16.5. The molecule has 44 heavy (non-hydrogen) atoms. The van der Waals surface area contributed by atoms with E-state index in [1.165, 1.54) is 22.3 Å². The SMILES string of the molecule is C=C/C=C\CC.CC.CNC(=O)/C=C(\C)c1ccc(OC/C(C)=C/C=C(\C)CN2CCC3(CC2)OCc2ccccc23)cc1. The lowest BCUT2D eigenvalue weighted by atomic mass is 9.84. The molecule has 0 bridgehead atoms. The van der Waals surface area contributed by atoms with E-state index in [4.69, 9.17) is 9.47 Å². The number of hydrogen-bond donors (Lipinski definition) is 1. The van der Waals surface area contributed by atoms with Crippen molar-refractivity contribution in [3.05, 3.63) is 119 Å². The van der Waals surface area contributed by atoms with Crippen LogP contribution >= 0.6 is 0 Å². The van der Waals surface area contributed by atoms with Crippen LogP contribution in [0.15, 0.2) is 103 Å².